The summed E-state index contributed by atoms with van der Waals surface area (Å²) in [6.45, 7) is 1.66. The zero-order valence-corrected chi connectivity index (χ0v) is 15.4. The van der Waals surface area contributed by atoms with E-state index < -0.39 is 11.6 Å². The van der Waals surface area contributed by atoms with Crippen molar-refractivity contribution in [1.29, 1.82) is 0 Å². The number of rotatable bonds is 5. The molecular weight excluding hydrogens is 360 g/mol. The van der Waals surface area contributed by atoms with Crippen LogP contribution in [0.1, 0.15) is 18.4 Å². The molecule has 0 aliphatic carbocycles. The van der Waals surface area contributed by atoms with Gasteiger partial charge in [-0.3, -0.25) is 0 Å². The largest absolute Gasteiger partial charge is 0.339 e. The lowest BCUT2D eigenvalue weighted by Gasteiger charge is -2.31. The average molecular weight is 381 g/mol. The summed E-state index contributed by atoms with van der Waals surface area (Å²) in [6.07, 6.45) is 4.51. The van der Waals surface area contributed by atoms with Gasteiger partial charge in [-0.15, -0.1) is 5.10 Å². The molecule has 2 heterocycles. The van der Waals surface area contributed by atoms with E-state index in [-0.39, 0.29) is 11.5 Å². The minimum atomic E-state index is -0.679. The monoisotopic (exact) mass is 381 g/mol. The van der Waals surface area contributed by atoms with E-state index in [2.05, 4.69) is 49.7 Å². The van der Waals surface area contributed by atoms with Crippen molar-refractivity contribution < 1.29 is 8.78 Å². The van der Waals surface area contributed by atoms with Crippen LogP contribution in [-0.2, 0) is 6.42 Å². The molecule has 0 bridgehead atoms. The first kappa shape index (κ1) is 18.3. The molecule has 0 amide bonds. The molecule has 1 saturated heterocycles. The van der Waals surface area contributed by atoms with Gasteiger partial charge in [-0.25, -0.2) is 8.78 Å². The zero-order valence-electron chi connectivity index (χ0n) is 15.4. The summed E-state index contributed by atoms with van der Waals surface area (Å²) in [5.41, 5.74) is 1.12. The van der Waals surface area contributed by atoms with Gasteiger partial charge in [0, 0.05) is 13.1 Å². The second-order valence-corrected chi connectivity index (χ2v) is 6.98. The van der Waals surface area contributed by atoms with Gasteiger partial charge in [-0.2, -0.15) is 10.1 Å². The SMILES string of the molecule is Fc1cccc(F)c1Nc1cnnc(N2CCC(Cc3ccccc3)CC2)n1. The molecule has 7 heteroatoms. The molecule has 1 aromatic heterocycles. The van der Waals surface area contributed by atoms with E-state index in [9.17, 15) is 8.78 Å². The van der Waals surface area contributed by atoms with Gasteiger partial charge in [-0.1, -0.05) is 36.4 Å². The van der Waals surface area contributed by atoms with Crippen LogP contribution in [0.5, 0.6) is 0 Å². The molecule has 5 nitrogen and oxygen atoms in total. The highest BCUT2D eigenvalue weighted by Crippen LogP contribution is 2.25. The highest BCUT2D eigenvalue weighted by molar-refractivity contribution is 5.57. The van der Waals surface area contributed by atoms with Gasteiger partial charge in [0.25, 0.3) is 0 Å². The summed E-state index contributed by atoms with van der Waals surface area (Å²) in [5.74, 6) is 0.00419. The Morgan fingerprint density at radius 1 is 0.964 bits per heavy atom. The summed E-state index contributed by atoms with van der Waals surface area (Å²) < 4.78 is 27.7. The summed E-state index contributed by atoms with van der Waals surface area (Å²) in [5, 5.41) is 10.7. The molecule has 0 radical (unpaired) electrons. The Morgan fingerprint density at radius 3 is 2.39 bits per heavy atom. The van der Waals surface area contributed by atoms with Crippen LogP contribution in [0.4, 0.5) is 26.2 Å². The second-order valence-electron chi connectivity index (χ2n) is 6.98. The van der Waals surface area contributed by atoms with Crippen molar-refractivity contribution in [2.24, 2.45) is 5.92 Å². The molecule has 0 atom stereocenters. The van der Waals surface area contributed by atoms with Gasteiger partial charge in [0.1, 0.15) is 17.3 Å². The lowest BCUT2D eigenvalue weighted by atomic mass is 9.90. The fourth-order valence-corrected chi connectivity index (χ4v) is 3.52. The fraction of sp³-hybridized carbons (Fsp3) is 0.286. The average Bonchev–Trinajstić information content (AvgIpc) is 2.72. The van der Waals surface area contributed by atoms with E-state index in [0.29, 0.717) is 11.9 Å². The number of nitrogens with one attached hydrogen (secondary N) is 1. The Balaban J connectivity index is 1.40. The van der Waals surface area contributed by atoms with Crippen molar-refractivity contribution in [2.75, 3.05) is 23.3 Å². The highest BCUT2D eigenvalue weighted by Gasteiger charge is 2.22. The van der Waals surface area contributed by atoms with Crippen LogP contribution >= 0.6 is 0 Å². The van der Waals surface area contributed by atoms with E-state index in [1.54, 1.807) is 0 Å². The van der Waals surface area contributed by atoms with E-state index in [4.69, 9.17) is 0 Å². The maximum absolute atomic E-state index is 13.8. The number of para-hydroxylation sites is 1. The van der Waals surface area contributed by atoms with E-state index >= 15 is 0 Å². The van der Waals surface area contributed by atoms with Crippen molar-refractivity contribution in [1.82, 2.24) is 15.2 Å². The zero-order chi connectivity index (χ0) is 19.3. The van der Waals surface area contributed by atoms with E-state index in [0.717, 1.165) is 32.4 Å². The van der Waals surface area contributed by atoms with Crippen molar-refractivity contribution in [3.63, 3.8) is 0 Å². The predicted molar refractivity (Wildman–Crippen MR) is 105 cm³/mol. The van der Waals surface area contributed by atoms with Crippen molar-refractivity contribution in [3.8, 4) is 0 Å². The quantitative estimate of drug-likeness (QED) is 0.712. The molecule has 0 spiro atoms. The number of nitrogens with zero attached hydrogens (tertiary/aromatic N) is 4. The van der Waals surface area contributed by atoms with Gasteiger partial charge in [0.2, 0.25) is 5.95 Å². The first-order chi connectivity index (χ1) is 13.7. The third-order valence-electron chi connectivity index (χ3n) is 5.03. The molecule has 0 unspecified atom stereocenters. The van der Waals surface area contributed by atoms with Crippen LogP contribution in [0.2, 0.25) is 0 Å². The summed E-state index contributed by atoms with van der Waals surface area (Å²) in [7, 11) is 0. The van der Waals surface area contributed by atoms with Crippen LogP contribution in [0, 0.1) is 17.6 Å². The molecule has 4 rings (SSSR count). The Hall–Kier alpha value is -3.09. The topological polar surface area (TPSA) is 53.9 Å². The molecular formula is C21H21F2N5. The summed E-state index contributed by atoms with van der Waals surface area (Å²) in [6, 6.07) is 14.2. The number of piperidine rings is 1. The molecule has 28 heavy (non-hydrogen) atoms. The normalized spacial score (nSPS) is 14.9. The molecule has 0 saturated carbocycles. The van der Waals surface area contributed by atoms with Crippen LogP contribution in [0.25, 0.3) is 0 Å². The Morgan fingerprint density at radius 2 is 1.68 bits per heavy atom. The first-order valence-corrected chi connectivity index (χ1v) is 9.38. The molecule has 144 valence electrons. The lowest BCUT2D eigenvalue weighted by Crippen LogP contribution is -2.35. The number of aromatic nitrogens is 3. The van der Waals surface area contributed by atoms with Gasteiger partial charge in [0.05, 0.1) is 6.20 Å². The number of hydrogen-bond acceptors (Lipinski definition) is 5. The van der Waals surface area contributed by atoms with Crippen molar-refractivity contribution in [2.45, 2.75) is 19.3 Å². The van der Waals surface area contributed by atoms with Crippen LogP contribution in [0.3, 0.4) is 0 Å². The fourth-order valence-electron chi connectivity index (χ4n) is 3.52. The third-order valence-corrected chi connectivity index (χ3v) is 5.03. The standard InChI is InChI=1S/C21H21F2N5/c22-17-7-4-8-18(23)20(17)25-19-14-24-27-21(26-19)28-11-9-16(10-12-28)13-15-5-2-1-3-6-15/h1-8,14,16H,9-13H2,(H,25,26,27). The van der Waals surface area contributed by atoms with Gasteiger partial charge >= 0.3 is 0 Å². The number of anilines is 3. The molecule has 1 aliphatic heterocycles. The summed E-state index contributed by atoms with van der Waals surface area (Å²) in [4.78, 5) is 6.46. The van der Waals surface area contributed by atoms with Crippen molar-refractivity contribution in [3.05, 3.63) is 71.9 Å². The Labute approximate surface area is 162 Å². The predicted octanol–water partition coefficient (Wildman–Crippen LogP) is 4.35. The lowest BCUT2D eigenvalue weighted by molar-refractivity contribution is 0.400. The highest BCUT2D eigenvalue weighted by atomic mass is 19.1. The number of hydrogen-bond donors (Lipinski definition) is 1. The van der Waals surface area contributed by atoms with E-state index in [1.807, 2.05) is 6.07 Å². The Bertz CT molecular complexity index is 907. The minimum absolute atomic E-state index is 0.240. The van der Waals surface area contributed by atoms with Crippen LogP contribution in [-0.4, -0.2) is 28.3 Å². The molecule has 2 aromatic carbocycles. The van der Waals surface area contributed by atoms with Gasteiger partial charge in [-0.05, 0) is 42.9 Å². The summed E-state index contributed by atoms with van der Waals surface area (Å²) >= 11 is 0. The molecule has 3 aromatic rings. The smallest absolute Gasteiger partial charge is 0.247 e. The van der Waals surface area contributed by atoms with Gasteiger partial charge in [0.15, 0.2) is 5.82 Å². The molecule has 1 aliphatic rings. The maximum Gasteiger partial charge on any atom is 0.247 e. The van der Waals surface area contributed by atoms with Crippen LogP contribution < -0.4 is 10.2 Å². The molecule has 1 fully saturated rings. The number of halogens is 2. The Kier molecular flexibility index (Phi) is 5.41. The molecule has 1 N–H and O–H groups in total. The minimum Gasteiger partial charge on any atom is -0.339 e. The van der Waals surface area contributed by atoms with Gasteiger partial charge < -0.3 is 10.2 Å². The van der Waals surface area contributed by atoms with E-state index in [1.165, 1.54) is 30.0 Å². The number of benzene rings is 2. The third kappa shape index (κ3) is 4.24. The second kappa shape index (κ2) is 8.29. The first-order valence-electron chi connectivity index (χ1n) is 9.38. The maximum atomic E-state index is 13.8. The van der Waals surface area contributed by atoms with Crippen molar-refractivity contribution >= 4 is 17.5 Å². The van der Waals surface area contributed by atoms with Crippen LogP contribution in [0.15, 0.2) is 54.7 Å².